The molecule has 1 amide bonds. The number of fused-ring (bicyclic) bond motifs is 3. The van der Waals surface area contributed by atoms with Crippen LogP contribution in [-0.4, -0.2) is 93.0 Å². The van der Waals surface area contributed by atoms with Gasteiger partial charge in [-0.05, 0) is 24.1 Å². The van der Waals surface area contributed by atoms with Crippen molar-refractivity contribution < 1.29 is 14.3 Å². The van der Waals surface area contributed by atoms with E-state index in [1.54, 1.807) is 19.5 Å². The number of morpholine rings is 1. The maximum absolute atomic E-state index is 13.4. The van der Waals surface area contributed by atoms with E-state index in [9.17, 15) is 4.79 Å². The summed E-state index contributed by atoms with van der Waals surface area (Å²) in [5, 5.41) is 3.22. The van der Waals surface area contributed by atoms with Gasteiger partial charge in [0.15, 0.2) is 0 Å². The second-order valence-electron chi connectivity index (χ2n) is 8.81. The molecule has 3 aliphatic rings. The number of aromatic nitrogens is 2. The topological polar surface area (TPSA) is 83.1 Å². The molecule has 2 aromatic rings. The summed E-state index contributed by atoms with van der Waals surface area (Å²) in [5.41, 5.74) is 2.37. The third-order valence-corrected chi connectivity index (χ3v) is 6.93. The van der Waals surface area contributed by atoms with E-state index in [0.717, 1.165) is 57.6 Å². The molecule has 0 unspecified atom stereocenters. The standard InChI is InChI=1S/C24H32N6O3/c1-32-19-4-3-18-15-20(23(31)25-7-8-28-11-13-33-14-12-28)22-17-29(24-26-5-2-6-27-24)9-10-30(22)21(18)16-19/h2-6,16,20,22H,7-15,17H2,1H3,(H,25,31)/t20-,22+/m0/s1. The Kier molecular flexibility index (Phi) is 6.59. The molecule has 9 heteroatoms. The maximum Gasteiger partial charge on any atom is 0.225 e. The van der Waals surface area contributed by atoms with Crippen molar-refractivity contribution in [2.45, 2.75) is 12.5 Å². The summed E-state index contributed by atoms with van der Waals surface area (Å²) in [7, 11) is 1.69. The minimum absolute atomic E-state index is 0.0468. The molecule has 0 radical (unpaired) electrons. The number of hydrogen-bond donors (Lipinski definition) is 1. The summed E-state index contributed by atoms with van der Waals surface area (Å²) in [4.78, 5) is 29.2. The number of methoxy groups -OCH3 is 1. The molecule has 5 rings (SSSR count). The zero-order chi connectivity index (χ0) is 22.6. The molecule has 2 fully saturated rings. The number of amides is 1. The first-order valence-corrected chi connectivity index (χ1v) is 11.8. The molecule has 3 aliphatic heterocycles. The van der Waals surface area contributed by atoms with Gasteiger partial charge < -0.3 is 24.6 Å². The van der Waals surface area contributed by atoms with E-state index >= 15 is 0 Å². The predicted molar refractivity (Wildman–Crippen MR) is 126 cm³/mol. The van der Waals surface area contributed by atoms with Crippen LogP contribution in [0.2, 0.25) is 0 Å². The number of nitrogens with zero attached hydrogens (tertiary/aromatic N) is 5. The fraction of sp³-hybridized carbons (Fsp3) is 0.542. The minimum Gasteiger partial charge on any atom is -0.497 e. The zero-order valence-electron chi connectivity index (χ0n) is 19.2. The Morgan fingerprint density at radius 3 is 2.79 bits per heavy atom. The lowest BCUT2D eigenvalue weighted by Crippen LogP contribution is -2.61. The van der Waals surface area contributed by atoms with Crippen molar-refractivity contribution in [3.05, 3.63) is 42.2 Å². The van der Waals surface area contributed by atoms with E-state index in [2.05, 4.69) is 42.1 Å². The van der Waals surface area contributed by atoms with Gasteiger partial charge in [0.25, 0.3) is 0 Å². The Balaban J connectivity index is 1.34. The van der Waals surface area contributed by atoms with Crippen LogP contribution in [0.4, 0.5) is 11.6 Å². The van der Waals surface area contributed by atoms with Gasteiger partial charge in [-0.25, -0.2) is 9.97 Å². The third kappa shape index (κ3) is 4.74. The van der Waals surface area contributed by atoms with Crippen molar-refractivity contribution >= 4 is 17.5 Å². The van der Waals surface area contributed by atoms with Gasteiger partial charge in [0, 0.05) is 70.0 Å². The van der Waals surface area contributed by atoms with Crippen molar-refractivity contribution in [2.75, 3.05) is 75.9 Å². The van der Waals surface area contributed by atoms with Crippen LogP contribution >= 0.6 is 0 Å². The van der Waals surface area contributed by atoms with Crippen LogP contribution < -0.4 is 19.9 Å². The van der Waals surface area contributed by atoms with E-state index in [-0.39, 0.29) is 17.9 Å². The number of carbonyl (C=O) groups excluding carboxylic acids is 1. The van der Waals surface area contributed by atoms with Crippen molar-refractivity contribution in [1.29, 1.82) is 0 Å². The summed E-state index contributed by atoms with van der Waals surface area (Å²) >= 11 is 0. The molecule has 9 nitrogen and oxygen atoms in total. The highest BCUT2D eigenvalue weighted by atomic mass is 16.5. The van der Waals surface area contributed by atoms with Crippen LogP contribution in [0, 0.1) is 5.92 Å². The molecule has 2 atom stereocenters. The Labute approximate surface area is 194 Å². The second kappa shape index (κ2) is 9.93. The van der Waals surface area contributed by atoms with E-state index in [4.69, 9.17) is 9.47 Å². The summed E-state index contributed by atoms with van der Waals surface area (Å²) in [6, 6.07) is 8.06. The van der Waals surface area contributed by atoms with E-state index in [1.165, 1.54) is 11.3 Å². The number of nitrogens with one attached hydrogen (secondary N) is 1. The molecule has 1 N–H and O–H groups in total. The number of piperazine rings is 1. The first-order valence-electron chi connectivity index (χ1n) is 11.8. The van der Waals surface area contributed by atoms with Gasteiger partial charge in [0.1, 0.15) is 5.75 Å². The van der Waals surface area contributed by atoms with E-state index in [1.807, 2.05) is 12.1 Å². The molecule has 0 spiro atoms. The molecule has 0 aliphatic carbocycles. The quantitative estimate of drug-likeness (QED) is 0.689. The van der Waals surface area contributed by atoms with Gasteiger partial charge in [0.2, 0.25) is 11.9 Å². The van der Waals surface area contributed by atoms with Gasteiger partial charge in [-0.2, -0.15) is 0 Å². The predicted octanol–water partition coefficient (Wildman–Crippen LogP) is 0.801. The van der Waals surface area contributed by atoms with Gasteiger partial charge in [-0.1, -0.05) is 6.07 Å². The highest BCUT2D eigenvalue weighted by Crippen LogP contribution is 2.38. The van der Waals surface area contributed by atoms with Crippen LogP contribution in [-0.2, 0) is 16.0 Å². The Morgan fingerprint density at radius 1 is 1.18 bits per heavy atom. The van der Waals surface area contributed by atoms with Crippen LogP contribution in [0.1, 0.15) is 5.56 Å². The van der Waals surface area contributed by atoms with Crippen LogP contribution in [0.3, 0.4) is 0 Å². The number of rotatable bonds is 6. The number of carbonyl (C=O) groups is 1. The Hall–Kier alpha value is -2.91. The van der Waals surface area contributed by atoms with Crippen LogP contribution in [0.15, 0.2) is 36.7 Å². The molecule has 176 valence electrons. The number of hydrogen-bond acceptors (Lipinski definition) is 8. The summed E-state index contributed by atoms with van der Waals surface area (Å²) in [5.74, 6) is 1.55. The molecule has 0 bridgehead atoms. The zero-order valence-corrected chi connectivity index (χ0v) is 19.2. The molecular formula is C24H32N6O3. The maximum atomic E-state index is 13.4. The fourth-order valence-electron chi connectivity index (χ4n) is 5.13. The lowest BCUT2D eigenvalue weighted by Gasteiger charge is -2.49. The molecule has 1 aromatic heterocycles. The smallest absolute Gasteiger partial charge is 0.225 e. The molecular weight excluding hydrogens is 420 g/mol. The Bertz CT molecular complexity index is 952. The number of ether oxygens (including phenoxy) is 2. The van der Waals surface area contributed by atoms with Gasteiger partial charge in [-0.3, -0.25) is 9.69 Å². The average molecular weight is 453 g/mol. The van der Waals surface area contributed by atoms with Gasteiger partial charge in [-0.15, -0.1) is 0 Å². The second-order valence-corrected chi connectivity index (χ2v) is 8.81. The van der Waals surface area contributed by atoms with Crippen LogP contribution in [0.25, 0.3) is 0 Å². The average Bonchev–Trinajstić information content (AvgIpc) is 2.88. The van der Waals surface area contributed by atoms with Crippen molar-refractivity contribution in [3.63, 3.8) is 0 Å². The van der Waals surface area contributed by atoms with Gasteiger partial charge >= 0.3 is 0 Å². The highest BCUT2D eigenvalue weighted by molar-refractivity contribution is 5.82. The molecule has 33 heavy (non-hydrogen) atoms. The van der Waals surface area contributed by atoms with Crippen molar-refractivity contribution in [1.82, 2.24) is 20.2 Å². The van der Waals surface area contributed by atoms with E-state index < -0.39 is 0 Å². The largest absolute Gasteiger partial charge is 0.497 e. The summed E-state index contributed by atoms with van der Waals surface area (Å²) in [6.45, 7) is 7.23. The lowest BCUT2D eigenvalue weighted by atomic mass is 9.83. The monoisotopic (exact) mass is 452 g/mol. The lowest BCUT2D eigenvalue weighted by molar-refractivity contribution is -0.125. The number of anilines is 2. The molecule has 4 heterocycles. The summed E-state index contributed by atoms with van der Waals surface area (Å²) < 4.78 is 10.9. The van der Waals surface area contributed by atoms with Gasteiger partial charge in [0.05, 0.1) is 32.3 Å². The molecule has 1 aromatic carbocycles. The fourth-order valence-corrected chi connectivity index (χ4v) is 5.13. The SMILES string of the molecule is COc1ccc2c(c1)N1CCN(c3ncccn3)C[C@@H]1[C@@H](C(=O)NCCN1CCOCC1)C2. The molecule has 0 saturated carbocycles. The molecule has 2 saturated heterocycles. The number of benzene rings is 1. The van der Waals surface area contributed by atoms with Crippen molar-refractivity contribution in [2.24, 2.45) is 5.92 Å². The van der Waals surface area contributed by atoms with Crippen LogP contribution in [0.5, 0.6) is 5.75 Å². The normalized spacial score (nSPS) is 22.9. The van der Waals surface area contributed by atoms with Crippen molar-refractivity contribution in [3.8, 4) is 5.75 Å². The first-order chi connectivity index (χ1) is 16.2. The first kappa shape index (κ1) is 21.9. The Morgan fingerprint density at radius 2 is 2.00 bits per heavy atom. The highest BCUT2D eigenvalue weighted by Gasteiger charge is 2.42. The minimum atomic E-state index is -0.137. The summed E-state index contributed by atoms with van der Waals surface area (Å²) in [6.07, 6.45) is 4.25. The third-order valence-electron chi connectivity index (χ3n) is 6.93. The van der Waals surface area contributed by atoms with E-state index in [0.29, 0.717) is 19.5 Å².